The van der Waals surface area contributed by atoms with E-state index in [0.29, 0.717) is 69.2 Å². The van der Waals surface area contributed by atoms with Crippen molar-refractivity contribution < 1.29 is 33.7 Å². The van der Waals surface area contributed by atoms with E-state index in [1.54, 1.807) is 7.11 Å². The summed E-state index contributed by atoms with van der Waals surface area (Å²) in [5.74, 6) is -0.309. The van der Waals surface area contributed by atoms with Gasteiger partial charge in [0.2, 0.25) is 24.4 Å². The summed E-state index contributed by atoms with van der Waals surface area (Å²) < 4.78 is 16.7. The van der Waals surface area contributed by atoms with Crippen molar-refractivity contribution in [3.8, 4) is 17.2 Å². The number of amides is 2. The van der Waals surface area contributed by atoms with E-state index in [4.69, 9.17) is 19.9 Å². The predicted molar refractivity (Wildman–Crippen MR) is 149 cm³/mol. The number of carboxylic acid groups (broad SMARTS) is 1. The lowest BCUT2D eigenvalue weighted by molar-refractivity contribution is -0.144. The molecule has 2 saturated heterocycles. The van der Waals surface area contributed by atoms with E-state index in [0.717, 1.165) is 37.8 Å². The summed E-state index contributed by atoms with van der Waals surface area (Å²) in [5, 5.41) is 10.5. The maximum absolute atomic E-state index is 13.5. The van der Waals surface area contributed by atoms with Gasteiger partial charge in [0.15, 0.2) is 11.5 Å². The molecule has 3 aliphatic heterocycles. The lowest BCUT2D eigenvalue weighted by Crippen LogP contribution is -2.45. The Morgan fingerprint density at radius 3 is 2.67 bits per heavy atom. The number of nitrogens with zero attached hydrogens (tertiary/aromatic N) is 3. The molecular weight excluding hydrogens is 516 g/mol. The van der Waals surface area contributed by atoms with Crippen molar-refractivity contribution in [3.63, 3.8) is 0 Å². The Kier molecular flexibility index (Phi) is 10.5. The number of likely N-dealkylation sites (tertiary alicyclic amines) is 2. The minimum Gasteiger partial charge on any atom is -0.493 e. The van der Waals surface area contributed by atoms with E-state index >= 15 is 0 Å². The lowest BCUT2D eigenvalue weighted by Gasteiger charge is -2.30. The summed E-state index contributed by atoms with van der Waals surface area (Å²) in [4.78, 5) is 44.3. The fourth-order valence-corrected chi connectivity index (χ4v) is 6.25. The molecule has 222 valence electrons. The first-order valence-corrected chi connectivity index (χ1v) is 14.6. The van der Waals surface area contributed by atoms with Crippen LogP contribution < -0.4 is 19.9 Å². The molecule has 3 heterocycles. The number of aliphatic carboxylic acids is 1. The molecule has 3 atom stereocenters. The summed E-state index contributed by atoms with van der Waals surface area (Å²) >= 11 is 0. The van der Waals surface area contributed by atoms with Gasteiger partial charge in [-0.15, -0.1) is 0 Å². The Morgan fingerprint density at radius 1 is 1.20 bits per heavy atom. The van der Waals surface area contributed by atoms with Gasteiger partial charge in [-0.3, -0.25) is 19.3 Å². The molecule has 4 rings (SSSR count). The van der Waals surface area contributed by atoms with Crippen molar-refractivity contribution in [2.24, 2.45) is 11.7 Å². The molecule has 0 radical (unpaired) electrons. The lowest BCUT2D eigenvalue weighted by atomic mass is 9.83. The number of fused-ring (bicyclic) bond motifs is 1. The van der Waals surface area contributed by atoms with Gasteiger partial charge >= 0.3 is 5.97 Å². The second kappa shape index (κ2) is 14.0. The molecule has 40 heavy (non-hydrogen) atoms. The number of carbonyl (C=O) groups is 3. The SMILES string of the molecule is CCCCN(CCCN)C(=O)CN1CC(c2cc(OC)c3c(c2)OCO3)C(C(=O)O)C1CCCN1CCCC1=O. The van der Waals surface area contributed by atoms with E-state index in [1.165, 1.54) is 0 Å². The molecule has 3 unspecified atom stereocenters. The van der Waals surface area contributed by atoms with Crippen LogP contribution in [-0.4, -0.2) is 103 Å². The van der Waals surface area contributed by atoms with Crippen molar-refractivity contribution >= 4 is 17.8 Å². The Hall–Kier alpha value is -3.05. The van der Waals surface area contributed by atoms with Crippen molar-refractivity contribution in [1.82, 2.24) is 14.7 Å². The zero-order valence-corrected chi connectivity index (χ0v) is 23.8. The number of carboxylic acids is 1. The van der Waals surface area contributed by atoms with Crippen LogP contribution in [0.5, 0.6) is 17.2 Å². The number of rotatable bonds is 15. The van der Waals surface area contributed by atoms with E-state index < -0.39 is 11.9 Å². The smallest absolute Gasteiger partial charge is 0.308 e. The number of hydrogen-bond donors (Lipinski definition) is 2. The van der Waals surface area contributed by atoms with Gasteiger partial charge in [-0.05, 0) is 56.3 Å². The number of carbonyl (C=O) groups excluding carboxylic acids is 2. The van der Waals surface area contributed by atoms with Gasteiger partial charge in [-0.25, -0.2) is 0 Å². The molecule has 0 saturated carbocycles. The van der Waals surface area contributed by atoms with Crippen molar-refractivity contribution in [2.75, 3.05) is 59.7 Å². The van der Waals surface area contributed by atoms with E-state index in [1.807, 2.05) is 26.8 Å². The molecule has 0 aliphatic carbocycles. The number of ether oxygens (including phenoxy) is 3. The van der Waals surface area contributed by atoms with Gasteiger partial charge in [0.05, 0.1) is 19.6 Å². The minimum absolute atomic E-state index is 0.00493. The van der Waals surface area contributed by atoms with Crippen LogP contribution in [0.15, 0.2) is 12.1 Å². The highest BCUT2D eigenvalue weighted by Crippen LogP contribution is 2.47. The van der Waals surface area contributed by atoms with Crippen molar-refractivity contribution in [1.29, 1.82) is 0 Å². The minimum atomic E-state index is -0.898. The third-order valence-electron chi connectivity index (χ3n) is 8.35. The van der Waals surface area contributed by atoms with Crippen molar-refractivity contribution in [2.45, 2.75) is 63.8 Å². The predicted octanol–water partition coefficient (Wildman–Crippen LogP) is 2.27. The zero-order valence-electron chi connectivity index (χ0n) is 23.8. The monoisotopic (exact) mass is 560 g/mol. The molecule has 0 bridgehead atoms. The number of benzene rings is 1. The van der Waals surface area contributed by atoms with Gasteiger partial charge < -0.3 is 34.9 Å². The Morgan fingerprint density at radius 2 is 2.00 bits per heavy atom. The molecule has 2 fully saturated rings. The molecule has 11 heteroatoms. The second-order valence-electron chi connectivity index (χ2n) is 10.9. The average Bonchev–Trinajstić information content (AvgIpc) is 3.67. The fourth-order valence-electron chi connectivity index (χ4n) is 6.25. The summed E-state index contributed by atoms with van der Waals surface area (Å²) in [6.07, 6.45) is 5.29. The highest BCUT2D eigenvalue weighted by Gasteiger charge is 2.47. The van der Waals surface area contributed by atoms with E-state index in [9.17, 15) is 19.5 Å². The van der Waals surface area contributed by atoms with E-state index in [-0.39, 0.29) is 37.1 Å². The highest BCUT2D eigenvalue weighted by atomic mass is 16.7. The largest absolute Gasteiger partial charge is 0.493 e. The van der Waals surface area contributed by atoms with Gasteiger partial charge in [-0.2, -0.15) is 0 Å². The first kappa shape index (κ1) is 29.9. The molecule has 0 aromatic heterocycles. The molecule has 1 aromatic rings. The van der Waals surface area contributed by atoms with Gasteiger partial charge in [-0.1, -0.05) is 13.3 Å². The molecular formula is C29H44N4O7. The number of methoxy groups -OCH3 is 1. The van der Waals surface area contributed by atoms with Crippen LogP contribution in [0.4, 0.5) is 0 Å². The van der Waals surface area contributed by atoms with Crippen LogP contribution in [0.1, 0.15) is 63.4 Å². The van der Waals surface area contributed by atoms with Crippen LogP contribution in [0.25, 0.3) is 0 Å². The van der Waals surface area contributed by atoms with Crippen LogP contribution in [0, 0.1) is 5.92 Å². The van der Waals surface area contributed by atoms with Crippen LogP contribution in [0.2, 0.25) is 0 Å². The topological polar surface area (TPSA) is 135 Å². The summed E-state index contributed by atoms with van der Waals surface area (Å²) in [7, 11) is 1.55. The van der Waals surface area contributed by atoms with Gasteiger partial charge in [0, 0.05) is 51.1 Å². The zero-order chi connectivity index (χ0) is 28.6. The number of unbranched alkanes of at least 4 members (excludes halogenated alkanes) is 1. The van der Waals surface area contributed by atoms with E-state index in [2.05, 4.69) is 6.92 Å². The number of hydrogen-bond acceptors (Lipinski definition) is 8. The second-order valence-corrected chi connectivity index (χ2v) is 10.9. The average molecular weight is 561 g/mol. The standard InChI is InChI=1S/C29H44N4O7/c1-3-4-11-32(14-7-10-30)26(35)18-33-17-21(20-15-23(38-2)28-24(16-20)39-19-40-28)27(29(36)37)22(33)8-5-12-31-13-6-9-25(31)34/h15-16,21-22,27H,3-14,17-19,30H2,1-2H3,(H,36,37). The third-order valence-corrected chi connectivity index (χ3v) is 8.35. The Bertz CT molecular complexity index is 1040. The Labute approximate surface area is 236 Å². The molecule has 3 aliphatic rings. The molecule has 0 spiro atoms. The normalized spacial score (nSPS) is 22.2. The first-order chi connectivity index (χ1) is 19.4. The highest BCUT2D eigenvalue weighted by molar-refractivity contribution is 5.79. The van der Waals surface area contributed by atoms with Gasteiger partial charge in [0.25, 0.3) is 0 Å². The van der Waals surface area contributed by atoms with Crippen molar-refractivity contribution in [3.05, 3.63) is 17.7 Å². The number of nitrogens with two attached hydrogens (primary N) is 1. The fraction of sp³-hybridized carbons (Fsp3) is 0.690. The summed E-state index contributed by atoms with van der Waals surface area (Å²) in [5.41, 5.74) is 6.52. The Balaban J connectivity index is 1.59. The molecule has 3 N–H and O–H groups in total. The quantitative estimate of drug-likeness (QED) is 0.331. The molecule has 2 amide bonds. The summed E-state index contributed by atoms with van der Waals surface area (Å²) in [6, 6.07) is 3.31. The third kappa shape index (κ3) is 6.80. The maximum Gasteiger partial charge on any atom is 0.308 e. The summed E-state index contributed by atoms with van der Waals surface area (Å²) in [6.45, 7) is 5.85. The maximum atomic E-state index is 13.5. The van der Waals surface area contributed by atoms with Crippen LogP contribution >= 0.6 is 0 Å². The molecule has 11 nitrogen and oxygen atoms in total. The van der Waals surface area contributed by atoms with Gasteiger partial charge in [0.1, 0.15) is 0 Å². The molecule has 1 aromatic carbocycles. The van der Waals surface area contributed by atoms with Crippen LogP contribution in [0.3, 0.4) is 0 Å². The van der Waals surface area contributed by atoms with Crippen LogP contribution in [-0.2, 0) is 14.4 Å². The first-order valence-electron chi connectivity index (χ1n) is 14.6.